The summed E-state index contributed by atoms with van der Waals surface area (Å²) >= 11 is 0. The summed E-state index contributed by atoms with van der Waals surface area (Å²) in [4.78, 5) is 18.7. The van der Waals surface area contributed by atoms with E-state index in [0.29, 0.717) is 13.0 Å². The van der Waals surface area contributed by atoms with Crippen LogP contribution in [0.4, 0.5) is 0 Å². The summed E-state index contributed by atoms with van der Waals surface area (Å²) in [6.07, 6.45) is 6.13. The Balaban J connectivity index is 1.29. The number of para-hydroxylation sites is 2. The maximum Gasteiger partial charge on any atom is 0.220 e. The van der Waals surface area contributed by atoms with Gasteiger partial charge in [-0.2, -0.15) is 0 Å². The fourth-order valence-corrected chi connectivity index (χ4v) is 3.35. The van der Waals surface area contributed by atoms with E-state index in [-0.39, 0.29) is 5.91 Å². The number of aryl methyl sites for hydroxylation is 1. The van der Waals surface area contributed by atoms with Crippen LogP contribution in [0.5, 0.6) is 0 Å². The molecule has 126 valence electrons. The van der Waals surface area contributed by atoms with Gasteiger partial charge in [0.25, 0.3) is 0 Å². The Kier molecular flexibility index (Phi) is 4.25. The number of H-pyrrole nitrogens is 2. The fourth-order valence-electron chi connectivity index (χ4n) is 3.35. The van der Waals surface area contributed by atoms with Crippen molar-refractivity contribution in [2.45, 2.75) is 19.3 Å². The van der Waals surface area contributed by atoms with Crippen LogP contribution in [0.1, 0.15) is 17.5 Å². The van der Waals surface area contributed by atoms with Gasteiger partial charge in [0.2, 0.25) is 5.91 Å². The SMILES string of the molecule is O=C(CCc1c[nH]c2ccccc12)NCCc1c[nH]c2ccccc12. The van der Waals surface area contributed by atoms with Crippen LogP contribution in [-0.4, -0.2) is 22.4 Å². The van der Waals surface area contributed by atoms with Crippen molar-refractivity contribution < 1.29 is 4.79 Å². The summed E-state index contributed by atoms with van der Waals surface area (Å²) in [5, 5.41) is 5.47. The molecule has 2 aromatic heterocycles. The van der Waals surface area contributed by atoms with Crippen molar-refractivity contribution in [2.75, 3.05) is 6.54 Å². The molecule has 4 heteroatoms. The van der Waals surface area contributed by atoms with E-state index in [1.807, 2.05) is 36.7 Å². The first-order valence-corrected chi connectivity index (χ1v) is 8.68. The maximum absolute atomic E-state index is 12.1. The lowest BCUT2D eigenvalue weighted by Crippen LogP contribution is -2.25. The summed E-state index contributed by atoms with van der Waals surface area (Å²) in [5.74, 6) is 0.102. The molecule has 0 aliphatic heterocycles. The number of hydrogen-bond acceptors (Lipinski definition) is 1. The van der Waals surface area contributed by atoms with E-state index >= 15 is 0 Å². The largest absolute Gasteiger partial charge is 0.361 e. The van der Waals surface area contributed by atoms with E-state index < -0.39 is 0 Å². The number of carbonyl (C=O) groups excluding carboxylic acids is 1. The Morgan fingerprint density at radius 3 is 2.00 bits per heavy atom. The van der Waals surface area contributed by atoms with Crippen LogP contribution in [0.3, 0.4) is 0 Å². The number of aromatic nitrogens is 2. The molecule has 0 spiro atoms. The van der Waals surface area contributed by atoms with Gasteiger partial charge in [-0.3, -0.25) is 4.79 Å². The number of hydrogen-bond donors (Lipinski definition) is 3. The summed E-state index contributed by atoms with van der Waals surface area (Å²) in [7, 11) is 0. The molecule has 4 rings (SSSR count). The topological polar surface area (TPSA) is 60.7 Å². The van der Waals surface area contributed by atoms with Gasteiger partial charge >= 0.3 is 0 Å². The molecule has 0 fully saturated rings. The molecule has 4 nitrogen and oxygen atoms in total. The van der Waals surface area contributed by atoms with Gasteiger partial charge in [-0.25, -0.2) is 0 Å². The third kappa shape index (κ3) is 3.29. The summed E-state index contributed by atoms with van der Waals surface area (Å²) < 4.78 is 0. The normalized spacial score (nSPS) is 11.2. The molecule has 0 atom stereocenters. The van der Waals surface area contributed by atoms with Crippen LogP contribution < -0.4 is 5.32 Å². The minimum atomic E-state index is 0.102. The lowest BCUT2D eigenvalue weighted by Gasteiger charge is -2.05. The molecule has 0 saturated heterocycles. The molecule has 2 heterocycles. The van der Waals surface area contributed by atoms with Crippen molar-refractivity contribution in [1.82, 2.24) is 15.3 Å². The molecule has 1 amide bonds. The number of benzene rings is 2. The molecule has 2 aromatic carbocycles. The van der Waals surface area contributed by atoms with Gasteiger partial charge in [-0.1, -0.05) is 36.4 Å². The van der Waals surface area contributed by atoms with Crippen LogP contribution >= 0.6 is 0 Å². The summed E-state index contributed by atoms with van der Waals surface area (Å²) in [6, 6.07) is 16.4. The van der Waals surface area contributed by atoms with E-state index in [1.54, 1.807) is 0 Å². The van der Waals surface area contributed by atoms with E-state index in [1.165, 1.54) is 21.9 Å². The van der Waals surface area contributed by atoms with Crippen molar-refractivity contribution in [3.63, 3.8) is 0 Å². The summed E-state index contributed by atoms with van der Waals surface area (Å²) in [6.45, 7) is 0.661. The molecular weight excluding hydrogens is 310 g/mol. The van der Waals surface area contributed by atoms with Crippen LogP contribution in [0.2, 0.25) is 0 Å². The lowest BCUT2D eigenvalue weighted by atomic mass is 10.1. The predicted octanol–water partition coefficient (Wildman–Crippen LogP) is 3.94. The third-order valence-corrected chi connectivity index (χ3v) is 4.69. The zero-order valence-electron chi connectivity index (χ0n) is 14.0. The van der Waals surface area contributed by atoms with Crippen LogP contribution in [0.25, 0.3) is 21.8 Å². The molecule has 0 unspecified atom stereocenters. The van der Waals surface area contributed by atoms with Crippen LogP contribution in [0.15, 0.2) is 60.9 Å². The number of fused-ring (bicyclic) bond motifs is 2. The van der Waals surface area contributed by atoms with Gasteiger partial charge in [0.1, 0.15) is 0 Å². The highest BCUT2D eigenvalue weighted by Gasteiger charge is 2.07. The van der Waals surface area contributed by atoms with Gasteiger partial charge < -0.3 is 15.3 Å². The molecule has 0 bridgehead atoms. The van der Waals surface area contributed by atoms with Crippen molar-refractivity contribution in [2.24, 2.45) is 0 Å². The van der Waals surface area contributed by atoms with Crippen molar-refractivity contribution in [3.8, 4) is 0 Å². The van der Waals surface area contributed by atoms with Gasteiger partial charge in [0.15, 0.2) is 0 Å². The quantitative estimate of drug-likeness (QED) is 0.492. The predicted molar refractivity (Wildman–Crippen MR) is 102 cm³/mol. The van der Waals surface area contributed by atoms with Crippen LogP contribution in [0, 0.1) is 0 Å². The molecular formula is C21H21N3O. The standard InChI is InChI=1S/C21H21N3O/c25-21(10-9-15-13-23-19-7-3-1-5-17(15)19)22-12-11-16-14-24-20-8-4-2-6-18(16)20/h1-8,13-14,23-24H,9-12H2,(H,22,25). The zero-order chi connectivity index (χ0) is 17.1. The van der Waals surface area contributed by atoms with Gasteiger partial charge in [0.05, 0.1) is 0 Å². The van der Waals surface area contributed by atoms with E-state index in [4.69, 9.17) is 0 Å². The molecule has 0 aliphatic rings. The summed E-state index contributed by atoms with van der Waals surface area (Å²) in [5.41, 5.74) is 4.70. The van der Waals surface area contributed by atoms with Gasteiger partial charge in [0, 0.05) is 47.2 Å². The number of aromatic amines is 2. The van der Waals surface area contributed by atoms with Gasteiger partial charge in [-0.15, -0.1) is 0 Å². The molecule has 0 aliphatic carbocycles. The molecule has 0 saturated carbocycles. The number of nitrogens with one attached hydrogen (secondary N) is 3. The third-order valence-electron chi connectivity index (χ3n) is 4.69. The first kappa shape index (κ1) is 15.5. The molecule has 0 radical (unpaired) electrons. The second-order valence-corrected chi connectivity index (χ2v) is 6.32. The minimum Gasteiger partial charge on any atom is -0.361 e. The number of carbonyl (C=O) groups is 1. The molecule has 4 aromatic rings. The maximum atomic E-state index is 12.1. The molecule has 3 N–H and O–H groups in total. The average molecular weight is 331 g/mol. The Morgan fingerprint density at radius 1 is 0.800 bits per heavy atom. The van der Waals surface area contributed by atoms with Crippen molar-refractivity contribution in [1.29, 1.82) is 0 Å². The number of amides is 1. The van der Waals surface area contributed by atoms with E-state index in [0.717, 1.165) is 23.9 Å². The lowest BCUT2D eigenvalue weighted by molar-refractivity contribution is -0.121. The highest BCUT2D eigenvalue weighted by atomic mass is 16.1. The number of rotatable bonds is 6. The Hall–Kier alpha value is -3.01. The van der Waals surface area contributed by atoms with Gasteiger partial charge in [-0.05, 0) is 36.1 Å². The van der Waals surface area contributed by atoms with E-state index in [9.17, 15) is 4.79 Å². The Labute approximate surface area is 146 Å². The second kappa shape index (κ2) is 6.85. The van der Waals surface area contributed by atoms with Crippen molar-refractivity contribution >= 4 is 27.7 Å². The average Bonchev–Trinajstić information content (AvgIpc) is 3.24. The smallest absolute Gasteiger partial charge is 0.220 e. The van der Waals surface area contributed by atoms with Crippen molar-refractivity contribution in [3.05, 3.63) is 72.1 Å². The first-order valence-electron chi connectivity index (χ1n) is 8.68. The van der Waals surface area contributed by atoms with E-state index in [2.05, 4.69) is 39.6 Å². The highest BCUT2D eigenvalue weighted by molar-refractivity contribution is 5.84. The highest BCUT2D eigenvalue weighted by Crippen LogP contribution is 2.19. The second-order valence-electron chi connectivity index (χ2n) is 6.32. The minimum absolute atomic E-state index is 0.102. The van der Waals surface area contributed by atoms with Crippen LogP contribution in [-0.2, 0) is 17.6 Å². The zero-order valence-corrected chi connectivity index (χ0v) is 14.0. The Morgan fingerprint density at radius 2 is 1.36 bits per heavy atom. The fraction of sp³-hybridized carbons (Fsp3) is 0.190. The first-order chi connectivity index (χ1) is 12.3. The monoisotopic (exact) mass is 331 g/mol. The Bertz CT molecular complexity index is 1010. The molecule has 25 heavy (non-hydrogen) atoms.